The molecular formula is C18H32N4O6. The summed E-state index contributed by atoms with van der Waals surface area (Å²) in [7, 11) is 0. The molecule has 1 amide bonds. The highest BCUT2D eigenvalue weighted by Crippen LogP contribution is 2.15. The van der Waals surface area contributed by atoms with Crippen LogP contribution in [-0.2, 0) is 19.1 Å². The van der Waals surface area contributed by atoms with Crippen LogP contribution in [0.15, 0.2) is 0 Å². The number of rotatable bonds is 11. The molecule has 2 aliphatic heterocycles. The van der Waals surface area contributed by atoms with E-state index in [0.29, 0.717) is 51.9 Å². The van der Waals surface area contributed by atoms with Gasteiger partial charge in [-0.15, -0.1) is 0 Å². The van der Waals surface area contributed by atoms with E-state index in [2.05, 4.69) is 5.32 Å². The summed E-state index contributed by atoms with van der Waals surface area (Å²) in [6.07, 6.45) is 3.41. The quantitative estimate of drug-likeness (QED) is 0.288. The van der Waals surface area contributed by atoms with Gasteiger partial charge >= 0.3 is 11.9 Å². The molecule has 28 heavy (non-hydrogen) atoms. The Labute approximate surface area is 165 Å². The zero-order valence-electron chi connectivity index (χ0n) is 16.3. The maximum atomic E-state index is 12.2. The van der Waals surface area contributed by atoms with Crippen LogP contribution in [0, 0.1) is 0 Å². The first kappa shape index (κ1) is 22.5. The number of aliphatic carboxylic acids is 2. The number of unbranched alkanes of at least 4 members (excludes halogenated alkanes) is 1. The van der Waals surface area contributed by atoms with Gasteiger partial charge in [-0.3, -0.25) is 29.1 Å². The van der Waals surface area contributed by atoms with Crippen molar-refractivity contribution in [2.24, 2.45) is 0 Å². The first-order valence-corrected chi connectivity index (χ1v) is 9.91. The largest absolute Gasteiger partial charge is 0.480 e. The molecule has 0 bridgehead atoms. The van der Waals surface area contributed by atoms with Crippen molar-refractivity contribution >= 4 is 17.8 Å². The average Bonchev–Trinajstić information content (AvgIpc) is 3.42. The van der Waals surface area contributed by atoms with Gasteiger partial charge < -0.3 is 20.3 Å². The van der Waals surface area contributed by atoms with Gasteiger partial charge in [-0.05, 0) is 19.3 Å². The molecule has 2 heterocycles. The van der Waals surface area contributed by atoms with Crippen molar-refractivity contribution in [2.45, 2.75) is 25.4 Å². The van der Waals surface area contributed by atoms with Gasteiger partial charge in [0.25, 0.3) is 0 Å². The standard InChI is InChI=1S/C18H32N4O6/c23-16(19-4-2-1-3-15-14-28-15)11-20-5-7-21(12-17(24)25)9-10-22(8-6-20)13-18(26)27/h15H,1-14H2,(H,19,23)(H,24,25)(H,26,27). The fourth-order valence-corrected chi connectivity index (χ4v) is 3.26. The van der Waals surface area contributed by atoms with Crippen molar-refractivity contribution in [2.75, 3.05) is 72.1 Å². The van der Waals surface area contributed by atoms with Crippen LogP contribution in [0.1, 0.15) is 19.3 Å². The van der Waals surface area contributed by atoms with E-state index in [0.717, 1.165) is 25.9 Å². The van der Waals surface area contributed by atoms with E-state index in [1.165, 1.54) is 0 Å². The summed E-state index contributed by atoms with van der Waals surface area (Å²) in [5, 5.41) is 21.1. The average molecular weight is 400 g/mol. The van der Waals surface area contributed by atoms with Gasteiger partial charge in [-0.25, -0.2) is 0 Å². The molecule has 0 aromatic carbocycles. The normalized spacial score (nSPS) is 22.1. The van der Waals surface area contributed by atoms with Crippen LogP contribution in [-0.4, -0.2) is 121 Å². The van der Waals surface area contributed by atoms with Crippen LogP contribution in [0.4, 0.5) is 0 Å². The smallest absolute Gasteiger partial charge is 0.317 e. The Morgan fingerprint density at radius 3 is 1.71 bits per heavy atom. The number of carbonyl (C=O) groups excluding carboxylic acids is 1. The zero-order valence-corrected chi connectivity index (χ0v) is 16.3. The second-order valence-corrected chi connectivity index (χ2v) is 7.42. The number of carboxylic acid groups (broad SMARTS) is 2. The highest BCUT2D eigenvalue weighted by Gasteiger charge is 2.22. The number of amides is 1. The van der Waals surface area contributed by atoms with E-state index in [4.69, 9.17) is 14.9 Å². The molecule has 2 rings (SSSR count). The van der Waals surface area contributed by atoms with E-state index in [1.807, 2.05) is 4.90 Å². The molecule has 10 nitrogen and oxygen atoms in total. The molecule has 0 saturated carbocycles. The first-order valence-electron chi connectivity index (χ1n) is 9.91. The zero-order chi connectivity index (χ0) is 20.4. The second kappa shape index (κ2) is 11.9. The Balaban J connectivity index is 1.77. The SMILES string of the molecule is O=C(O)CN1CCN(CC(=O)O)CCN(CC(=O)NCCCCC2CO2)CC1. The summed E-state index contributed by atoms with van der Waals surface area (Å²) < 4.78 is 5.16. The van der Waals surface area contributed by atoms with E-state index in [9.17, 15) is 14.4 Å². The molecule has 1 atom stereocenters. The third kappa shape index (κ3) is 9.98. The first-order chi connectivity index (χ1) is 13.4. The topological polar surface area (TPSA) is 126 Å². The minimum absolute atomic E-state index is 0.0588. The van der Waals surface area contributed by atoms with Gasteiger partial charge in [0.2, 0.25) is 5.91 Å². The summed E-state index contributed by atoms with van der Waals surface area (Å²) in [5.41, 5.74) is 0. The molecule has 1 unspecified atom stereocenters. The van der Waals surface area contributed by atoms with Crippen molar-refractivity contribution in [3.63, 3.8) is 0 Å². The number of nitrogens with one attached hydrogen (secondary N) is 1. The van der Waals surface area contributed by atoms with E-state index < -0.39 is 11.9 Å². The van der Waals surface area contributed by atoms with Crippen LogP contribution in [0.5, 0.6) is 0 Å². The van der Waals surface area contributed by atoms with Crippen LogP contribution >= 0.6 is 0 Å². The fraction of sp³-hybridized carbons (Fsp3) is 0.833. The third-order valence-corrected chi connectivity index (χ3v) is 4.96. The van der Waals surface area contributed by atoms with E-state index in [-0.39, 0.29) is 25.5 Å². The second-order valence-electron chi connectivity index (χ2n) is 7.42. The molecule has 2 aliphatic rings. The Hall–Kier alpha value is -1.75. The summed E-state index contributed by atoms with van der Waals surface area (Å²) >= 11 is 0. The predicted octanol–water partition coefficient (Wildman–Crippen LogP) is -1.24. The number of ether oxygens (including phenoxy) is 1. The van der Waals surface area contributed by atoms with Gasteiger partial charge in [0.15, 0.2) is 0 Å². The Morgan fingerprint density at radius 1 is 0.821 bits per heavy atom. The summed E-state index contributed by atoms with van der Waals surface area (Å²) in [6.45, 7) is 4.72. The van der Waals surface area contributed by atoms with Crippen molar-refractivity contribution in [3.05, 3.63) is 0 Å². The van der Waals surface area contributed by atoms with E-state index in [1.54, 1.807) is 9.80 Å². The van der Waals surface area contributed by atoms with Crippen LogP contribution in [0.2, 0.25) is 0 Å². The lowest BCUT2D eigenvalue weighted by atomic mass is 10.2. The molecule has 2 fully saturated rings. The number of carbonyl (C=O) groups is 3. The third-order valence-electron chi connectivity index (χ3n) is 4.96. The van der Waals surface area contributed by atoms with Crippen molar-refractivity contribution < 1.29 is 29.3 Å². The van der Waals surface area contributed by atoms with Gasteiger partial charge in [0.1, 0.15) is 0 Å². The lowest BCUT2D eigenvalue weighted by molar-refractivity contribution is -0.140. The molecule has 0 aliphatic carbocycles. The number of epoxide rings is 1. The van der Waals surface area contributed by atoms with Crippen LogP contribution in [0.25, 0.3) is 0 Å². The number of carboxylic acids is 2. The molecule has 0 radical (unpaired) electrons. The monoisotopic (exact) mass is 400 g/mol. The summed E-state index contributed by atoms with van der Waals surface area (Å²) in [6, 6.07) is 0. The molecule has 0 aromatic heterocycles. The van der Waals surface area contributed by atoms with E-state index >= 15 is 0 Å². The van der Waals surface area contributed by atoms with Gasteiger partial charge in [0.05, 0.1) is 32.3 Å². The number of hydrogen-bond acceptors (Lipinski definition) is 7. The lowest BCUT2D eigenvalue weighted by Gasteiger charge is -2.24. The minimum atomic E-state index is -0.912. The molecule has 10 heteroatoms. The fourth-order valence-electron chi connectivity index (χ4n) is 3.26. The van der Waals surface area contributed by atoms with Crippen LogP contribution in [0.3, 0.4) is 0 Å². The Kier molecular flexibility index (Phi) is 9.62. The Bertz CT molecular complexity index is 500. The van der Waals surface area contributed by atoms with Gasteiger partial charge in [0, 0.05) is 45.8 Å². The predicted molar refractivity (Wildman–Crippen MR) is 101 cm³/mol. The molecule has 160 valence electrons. The van der Waals surface area contributed by atoms with Crippen molar-refractivity contribution in [3.8, 4) is 0 Å². The summed E-state index contributed by atoms with van der Waals surface area (Å²) in [5.74, 6) is -1.88. The maximum absolute atomic E-state index is 12.2. The number of nitrogens with zero attached hydrogens (tertiary/aromatic N) is 3. The molecule has 0 spiro atoms. The number of hydrogen-bond donors (Lipinski definition) is 3. The molecule has 0 aromatic rings. The lowest BCUT2D eigenvalue weighted by Crippen LogP contribution is -2.43. The molecule has 3 N–H and O–H groups in total. The molecule has 2 saturated heterocycles. The highest BCUT2D eigenvalue weighted by molar-refractivity contribution is 5.78. The Morgan fingerprint density at radius 2 is 1.29 bits per heavy atom. The minimum Gasteiger partial charge on any atom is -0.480 e. The highest BCUT2D eigenvalue weighted by atomic mass is 16.6. The van der Waals surface area contributed by atoms with Gasteiger partial charge in [-0.1, -0.05) is 0 Å². The molecular weight excluding hydrogens is 368 g/mol. The van der Waals surface area contributed by atoms with Crippen molar-refractivity contribution in [1.82, 2.24) is 20.0 Å². The van der Waals surface area contributed by atoms with Crippen molar-refractivity contribution in [1.29, 1.82) is 0 Å². The van der Waals surface area contributed by atoms with Crippen LogP contribution < -0.4 is 5.32 Å². The van der Waals surface area contributed by atoms with Gasteiger partial charge in [-0.2, -0.15) is 0 Å². The maximum Gasteiger partial charge on any atom is 0.317 e. The summed E-state index contributed by atoms with van der Waals surface area (Å²) in [4.78, 5) is 39.9.